The van der Waals surface area contributed by atoms with Crippen molar-refractivity contribution in [2.75, 3.05) is 19.6 Å². The Balaban J connectivity index is 1.57. The van der Waals surface area contributed by atoms with Crippen molar-refractivity contribution in [3.05, 3.63) is 64.2 Å². The van der Waals surface area contributed by atoms with Crippen molar-refractivity contribution in [2.24, 2.45) is 0 Å². The zero-order chi connectivity index (χ0) is 21.1. The molecule has 1 saturated heterocycles. The average molecular weight is 448 g/mol. The van der Waals surface area contributed by atoms with Gasteiger partial charge in [-0.3, -0.25) is 4.79 Å². The first kappa shape index (κ1) is 21.3. The Labute approximate surface area is 182 Å². The Bertz CT molecular complexity index is 1040. The van der Waals surface area contributed by atoms with Gasteiger partial charge in [0.25, 0.3) is 5.91 Å². The summed E-state index contributed by atoms with van der Waals surface area (Å²) in [5, 5.41) is 6.59. The van der Waals surface area contributed by atoms with E-state index < -0.39 is 15.9 Å². The lowest BCUT2D eigenvalue weighted by atomic mass is 10.0. The van der Waals surface area contributed by atoms with Gasteiger partial charge in [-0.1, -0.05) is 42.3 Å². The van der Waals surface area contributed by atoms with E-state index in [1.54, 1.807) is 0 Å². The number of piperidine rings is 1. The molecule has 1 amide bonds. The first-order valence-electron chi connectivity index (χ1n) is 10.3. The van der Waals surface area contributed by atoms with Crippen LogP contribution in [0.3, 0.4) is 0 Å². The Morgan fingerprint density at radius 2 is 1.97 bits per heavy atom. The van der Waals surface area contributed by atoms with Gasteiger partial charge < -0.3 is 10.6 Å². The molecule has 8 heteroatoms. The number of carbonyl (C=O) groups excluding carboxylic acids is 1. The molecule has 0 radical (unpaired) electrons. The second-order valence-electron chi connectivity index (χ2n) is 7.85. The SMILES string of the molecule is O=C(NC[C@H]1CCCCN1)c1cc(Cl)ccc1S(=O)(=O)N1CCc2ccccc2C1. The number of hydrogen-bond donors (Lipinski definition) is 2. The maximum absolute atomic E-state index is 13.4. The van der Waals surface area contributed by atoms with E-state index in [1.807, 2.05) is 24.3 Å². The van der Waals surface area contributed by atoms with Gasteiger partial charge in [-0.25, -0.2) is 8.42 Å². The minimum absolute atomic E-state index is 0.000356. The summed E-state index contributed by atoms with van der Waals surface area (Å²) >= 11 is 6.11. The fraction of sp³-hybridized carbons (Fsp3) is 0.409. The third kappa shape index (κ3) is 4.54. The van der Waals surface area contributed by atoms with E-state index >= 15 is 0 Å². The fourth-order valence-electron chi connectivity index (χ4n) is 4.13. The number of fused-ring (bicyclic) bond motifs is 1. The molecule has 2 aromatic carbocycles. The summed E-state index contributed by atoms with van der Waals surface area (Å²) in [5.41, 5.74) is 2.26. The molecule has 0 aromatic heterocycles. The van der Waals surface area contributed by atoms with Crippen molar-refractivity contribution in [1.82, 2.24) is 14.9 Å². The summed E-state index contributed by atoms with van der Waals surface area (Å²) in [4.78, 5) is 12.9. The van der Waals surface area contributed by atoms with E-state index in [1.165, 1.54) is 22.5 Å². The van der Waals surface area contributed by atoms with Crippen LogP contribution in [-0.4, -0.2) is 44.3 Å². The number of rotatable bonds is 5. The first-order chi connectivity index (χ1) is 14.4. The molecule has 1 atom stereocenters. The highest BCUT2D eigenvalue weighted by atomic mass is 35.5. The van der Waals surface area contributed by atoms with Crippen LogP contribution in [0.5, 0.6) is 0 Å². The zero-order valence-corrected chi connectivity index (χ0v) is 18.3. The minimum Gasteiger partial charge on any atom is -0.350 e. The zero-order valence-electron chi connectivity index (χ0n) is 16.7. The Morgan fingerprint density at radius 3 is 2.73 bits per heavy atom. The molecule has 0 saturated carbocycles. The van der Waals surface area contributed by atoms with E-state index in [2.05, 4.69) is 10.6 Å². The van der Waals surface area contributed by atoms with Gasteiger partial charge in [-0.05, 0) is 55.1 Å². The molecule has 0 unspecified atom stereocenters. The first-order valence-corrected chi connectivity index (χ1v) is 12.1. The Kier molecular flexibility index (Phi) is 6.43. The van der Waals surface area contributed by atoms with Crippen molar-refractivity contribution in [2.45, 2.75) is 43.2 Å². The number of nitrogens with one attached hydrogen (secondary N) is 2. The Hall–Kier alpha value is -1.93. The van der Waals surface area contributed by atoms with Gasteiger partial charge >= 0.3 is 0 Å². The smallest absolute Gasteiger partial charge is 0.252 e. The molecule has 0 bridgehead atoms. The topological polar surface area (TPSA) is 78.5 Å². The Morgan fingerprint density at radius 1 is 1.17 bits per heavy atom. The highest BCUT2D eigenvalue weighted by molar-refractivity contribution is 7.89. The summed E-state index contributed by atoms with van der Waals surface area (Å²) in [6.07, 6.45) is 3.91. The van der Waals surface area contributed by atoms with Crippen molar-refractivity contribution in [3.8, 4) is 0 Å². The molecule has 0 spiro atoms. The molecular weight excluding hydrogens is 422 g/mol. The van der Waals surface area contributed by atoms with Gasteiger partial charge in [0.1, 0.15) is 0 Å². The van der Waals surface area contributed by atoms with Gasteiger partial charge in [0.2, 0.25) is 10.0 Å². The van der Waals surface area contributed by atoms with Crippen LogP contribution >= 0.6 is 11.6 Å². The number of halogens is 1. The van der Waals surface area contributed by atoms with Crippen LogP contribution in [0, 0.1) is 0 Å². The predicted octanol–water partition coefficient (Wildman–Crippen LogP) is 2.96. The van der Waals surface area contributed by atoms with Crippen molar-refractivity contribution in [3.63, 3.8) is 0 Å². The van der Waals surface area contributed by atoms with Crippen molar-refractivity contribution < 1.29 is 13.2 Å². The van der Waals surface area contributed by atoms with Crippen molar-refractivity contribution in [1.29, 1.82) is 0 Å². The molecule has 2 aromatic rings. The predicted molar refractivity (Wildman–Crippen MR) is 117 cm³/mol. The lowest BCUT2D eigenvalue weighted by Crippen LogP contribution is -2.44. The summed E-state index contributed by atoms with van der Waals surface area (Å²) in [6, 6.07) is 12.5. The highest BCUT2D eigenvalue weighted by Gasteiger charge is 2.32. The van der Waals surface area contributed by atoms with Crippen LogP contribution in [-0.2, 0) is 23.0 Å². The highest BCUT2D eigenvalue weighted by Crippen LogP contribution is 2.28. The summed E-state index contributed by atoms with van der Waals surface area (Å²) in [5.74, 6) is -0.416. The van der Waals surface area contributed by atoms with Gasteiger partial charge in [-0.15, -0.1) is 0 Å². The number of hydrogen-bond acceptors (Lipinski definition) is 4. The largest absolute Gasteiger partial charge is 0.350 e. The molecule has 2 aliphatic heterocycles. The summed E-state index contributed by atoms with van der Waals surface area (Å²) < 4.78 is 28.3. The second-order valence-corrected chi connectivity index (χ2v) is 10.2. The number of nitrogens with zero attached hydrogens (tertiary/aromatic N) is 1. The standard InChI is InChI=1S/C22H26ClN3O3S/c23-18-8-9-21(20(13-18)22(27)25-14-19-7-3-4-11-24-19)30(28,29)26-12-10-16-5-1-2-6-17(16)15-26/h1-2,5-6,8-9,13,19,24H,3-4,7,10-12,14-15H2,(H,25,27)/t19-/m1/s1. The van der Waals surface area contributed by atoms with E-state index in [4.69, 9.17) is 11.6 Å². The normalized spacial score (nSPS) is 19.8. The molecular formula is C22H26ClN3O3S. The minimum atomic E-state index is -3.84. The van der Waals surface area contributed by atoms with Crippen molar-refractivity contribution >= 4 is 27.5 Å². The second kappa shape index (κ2) is 9.06. The fourth-order valence-corrected chi connectivity index (χ4v) is 5.89. The third-order valence-electron chi connectivity index (χ3n) is 5.82. The maximum Gasteiger partial charge on any atom is 0.252 e. The number of amides is 1. The molecule has 2 aliphatic rings. The van der Waals surface area contributed by atoms with Crippen LogP contribution in [0.15, 0.2) is 47.4 Å². The lowest BCUT2D eigenvalue weighted by molar-refractivity contribution is 0.0944. The third-order valence-corrected chi connectivity index (χ3v) is 7.96. The van der Waals surface area contributed by atoms with E-state index in [-0.39, 0.29) is 16.5 Å². The van der Waals surface area contributed by atoms with Crippen LogP contribution in [0.2, 0.25) is 5.02 Å². The molecule has 0 aliphatic carbocycles. The van der Waals surface area contributed by atoms with Crippen LogP contribution < -0.4 is 10.6 Å². The molecule has 6 nitrogen and oxygen atoms in total. The lowest BCUT2D eigenvalue weighted by Gasteiger charge is -2.29. The van der Waals surface area contributed by atoms with E-state index in [0.717, 1.165) is 36.9 Å². The van der Waals surface area contributed by atoms with Gasteiger partial charge in [0.05, 0.1) is 10.5 Å². The molecule has 4 rings (SSSR count). The monoisotopic (exact) mass is 447 g/mol. The quantitative estimate of drug-likeness (QED) is 0.738. The van der Waals surface area contributed by atoms with E-state index in [0.29, 0.717) is 31.1 Å². The molecule has 2 N–H and O–H groups in total. The van der Waals surface area contributed by atoms with Gasteiger partial charge in [0.15, 0.2) is 0 Å². The molecule has 1 fully saturated rings. The van der Waals surface area contributed by atoms with Gasteiger partial charge in [-0.2, -0.15) is 4.31 Å². The molecule has 160 valence electrons. The molecule has 2 heterocycles. The summed E-state index contributed by atoms with van der Waals surface area (Å²) in [7, 11) is -3.84. The number of benzene rings is 2. The summed E-state index contributed by atoms with van der Waals surface area (Å²) in [6.45, 7) is 2.08. The van der Waals surface area contributed by atoms with Gasteiger partial charge in [0, 0.05) is 30.7 Å². The van der Waals surface area contributed by atoms with Crippen LogP contribution in [0.4, 0.5) is 0 Å². The maximum atomic E-state index is 13.4. The van der Waals surface area contributed by atoms with Crippen LogP contribution in [0.1, 0.15) is 40.7 Å². The van der Waals surface area contributed by atoms with E-state index in [9.17, 15) is 13.2 Å². The molecule has 30 heavy (non-hydrogen) atoms. The number of sulfonamides is 1. The number of carbonyl (C=O) groups is 1. The van der Waals surface area contributed by atoms with Crippen LogP contribution in [0.25, 0.3) is 0 Å². The average Bonchev–Trinajstić information content (AvgIpc) is 2.77.